The molecule has 2 N–H and O–H groups in total. The number of carboxylic acids is 1. The molecule has 0 spiro atoms. The molecule has 0 radical (unpaired) electrons. The van der Waals surface area contributed by atoms with Gasteiger partial charge in [-0.2, -0.15) is 0 Å². The minimum absolute atomic E-state index is 0.300. The van der Waals surface area contributed by atoms with Gasteiger partial charge in [0.05, 0.1) is 17.9 Å². The van der Waals surface area contributed by atoms with Crippen molar-refractivity contribution in [2.24, 2.45) is 0 Å². The number of anilines is 1. The molecule has 6 nitrogen and oxygen atoms in total. The van der Waals surface area contributed by atoms with Crippen molar-refractivity contribution in [2.75, 3.05) is 24.7 Å². The predicted octanol–water partition coefficient (Wildman–Crippen LogP) is 4.54. The van der Waals surface area contributed by atoms with E-state index in [-0.39, 0.29) is 0 Å². The molecule has 0 saturated heterocycles. The van der Waals surface area contributed by atoms with Crippen LogP contribution in [0, 0.1) is 0 Å². The van der Waals surface area contributed by atoms with Crippen molar-refractivity contribution in [3.8, 4) is 17.0 Å². The second-order valence-electron chi connectivity index (χ2n) is 7.08. The van der Waals surface area contributed by atoms with Crippen molar-refractivity contribution in [2.45, 2.75) is 24.2 Å². The molecule has 0 aliphatic carbocycles. The summed E-state index contributed by atoms with van der Waals surface area (Å²) < 4.78 is 5.68. The van der Waals surface area contributed by atoms with Crippen LogP contribution in [0.25, 0.3) is 11.3 Å². The highest BCUT2D eigenvalue weighted by atomic mass is 32.2. The standard InChI is InChI=1S/C23H23N3O3S/c1-30-21-12-16(5-6-18(21)23(27)28)19-13-22(26-14-25-19)24-9-8-15-4-7-20-17(11-15)3-2-10-29-20/h4-7,11-14H,2-3,8-10H2,1H3,(H,27,28)(H,24,25,26). The number of aryl methyl sites for hydroxylation is 1. The molecule has 0 bridgehead atoms. The monoisotopic (exact) mass is 421 g/mol. The van der Waals surface area contributed by atoms with E-state index in [1.807, 2.05) is 18.4 Å². The first-order valence-corrected chi connectivity index (χ1v) is 11.1. The van der Waals surface area contributed by atoms with E-state index in [9.17, 15) is 9.90 Å². The highest BCUT2D eigenvalue weighted by Crippen LogP contribution is 2.28. The number of nitrogens with zero attached hydrogens (tertiary/aromatic N) is 2. The van der Waals surface area contributed by atoms with Gasteiger partial charge in [-0.1, -0.05) is 18.2 Å². The lowest BCUT2D eigenvalue weighted by molar-refractivity contribution is 0.0693. The molecule has 1 aromatic heterocycles. The number of hydrogen-bond donors (Lipinski definition) is 2. The molecule has 2 heterocycles. The average Bonchev–Trinajstić information content (AvgIpc) is 2.78. The Bertz CT molecular complexity index is 1070. The summed E-state index contributed by atoms with van der Waals surface area (Å²) in [7, 11) is 0. The maximum atomic E-state index is 11.3. The molecule has 7 heteroatoms. The zero-order chi connectivity index (χ0) is 20.9. The number of fused-ring (bicyclic) bond motifs is 1. The van der Waals surface area contributed by atoms with Crippen LogP contribution < -0.4 is 10.1 Å². The molecule has 3 aromatic rings. The van der Waals surface area contributed by atoms with E-state index in [0.717, 1.165) is 55.2 Å². The van der Waals surface area contributed by atoms with Crippen molar-refractivity contribution in [1.29, 1.82) is 0 Å². The van der Waals surface area contributed by atoms with Gasteiger partial charge < -0.3 is 15.2 Å². The van der Waals surface area contributed by atoms with Crippen molar-refractivity contribution < 1.29 is 14.6 Å². The van der Waals surface area contributed by atoms with Gasteiger partial charge in [0, 0.05) is 23.1 Å². The molecular formula is C23H23N3O3S. The molecule has 1 aliphatic rings. The zero-order valence-electron chi connectivity index (χ0n) is 16.7. The second kappa shape index (κ2) is 9.17. The molecule has 154 valence electrons. The van der Waals surface area contributed by atoms with Crippen LogP contribution in [0.3, 0.4) is 0 Å². The lowest BCUT2D eigenvalue weighted by Gasteiger charge is -2.18. The van der Waals surface area contributed by atoms with Gasteiger partial charge in [-0.05, 0) is 54.8 Å². The molecule has 30 heavy (non-hydrogen) atoms. The van der Waals surface area contributed by atoms with Crippen molar-refractivity contribution in [3.05, 3.63) is 65.5 Å². The Kier molecular flexibility index (Phi) is 6.18. The summed E-state index contributed by atoms with van der Waals surface area (Å²) >= 11 is 1.41. The van der Waals surface area contributed by atoms with Gasteiger partial charge in [0.1, 0.15) is 17.9 Å². The Morgan fingerprint density at radius 1 is 1.20 bits per heavy atom. The predicted molar refractivity (Wildman–Crippen MR) is 119 cm³/mol. The Balaban J connectivity index is 1.43. The molecule has 0 unspecified atom stereocenters. The molecule has 0 atom stereocenters. The number of ether oxygens (including phenoxy) is 1. The van der Waals surface area contributed by atoms with Crippen LogP contribution in [0.1, 0.15) is 27.9 Å². The zero-order valence-corrected chi connectivity index (χ0v) is 17.5. The van der Waals surface area contributed by atoms with Crippen LogP contribution in [0.4, 0.5) is 5.82 Å². The number of carboxylic acid groups (broad SMARTS) is 1. The number of rotatable bonds is 7. The minimum Gasteiger partial charge on any atom is -0.493 e. The van der Waals surface area contributed by atoms with Crippen LogP contribution in [-0.2, 0) is 12.8 Å². The molecule has 0 amide bonds. The van der Waals surface area contributed by atoms with E-state index in [0.29, 0.717) is 10.5 Å². The maximum Gasteiger partial charge on any atom is 0.336 e. The largest absolute Gasteiger partial charge is 0.493 e. The van der Waals surface area contributed by atoms with Crippen LogP contribution in [0.5, 0.6) is 5.75 Å². The normalized spacial score (nSPS) is 12.7. The van der Waals surface area contributed by atoms with Crippen molar-refractivity contribution in [3.63, 3.8) is 0 Å². The molecule has 0 fully saturated rings. The van der Waals surface area contributed by atoms with E-state index in [1.165, 1.54) is 29.2 Å². The fourth-order valence-electron chi connectivity index (χ4n) is 3.54. The van der Waals surface area contributed by atoms with Crippen LogP contribution >= 0.6 is 11.8 Å². The highest BCUT2D eigenvalue weighted by molar-refractivity contribution is 7.98. The number of aromatic carboxylic acids is 1. The van der Waals surface area contributed by atoms with Gasteiger partial charge >= 0.3 is 5.97 Å². The summed E-state index contributed by atoms with van der Waals surface area (Å²) in [6.45, 7) is 1.56. The van der Waals surface area contributed by atoms with Gasteiger partial charge in [-0.25, -0.2) is 14.8 Å². The Labute approximate surface area is 179 Å². The number of aromatic nitrogens is 2. The Hall–Kier alpha value is -3.06. The first kappa shape index (κ1) is 20.2. The summed E-state index contributed by atoms with van der Waals surface area (Å²) in [4.78, 5) is 20.7. The van der Waals surface area contributed by atoms with Crippen LogP contribution in [-0.4, -0.2) is 40.5 Å². The number of nitrogens with one attached hydrogen (secondary N) is 1. The number of thioether (sulfide) groups is 1. The first-order valence-electron chi connectivity index (χ1n) is 9.86. The third-order valence-electron chi connectivity index (χ3n) is 5.09. The smallest absolute Gasteiger partial charge is 0.336 e. The Morgan fingerprint density at radius 2 is 2.10 bits per heavy atom. The first-order chi connectivity index (χ1) is 14.6. The summed E-state index contributed by atoms with van der Waals surface area (Å²) in [5.41, 5.74) is 4.48. The third kappa shape index (κ3) is 4.57. The average molecular weight is 422 g/mol. The molecule has 4 rings (SSSR count). The summed E-state index contributed by atoms with van der Waals surface area (Å²) in [5, 5.41) is 12.7. The molecule has 2 aromatic carbocycles. The third-order valence-corrected chi connectivity index (χ3v) is 5.87. The number of benzene rings is 2. The van der Waals surface area contributed by atoms with E-state index in [1.54, 1.807) is 12.1 Å². The van der Waals surface area contributed by atoms with E-state index in [2.05, 4.69) is 33.5 Å². The second-order valence-corrected chi connectivity index (χ2v) is 7.93. The van der Waals surface area contributed by atoms with Gasteiger partial charge in [0.25, 0.3) is 0 Å². The van der Waals surface area contributed by atoms with Gasteiger partial charge in [0.15, 0.2) is 0 Å². The summed E-state index contributed by atoms with van der Waals surface area (Å²) in [6, 6.07) is 13.6. The van der Waals surface area contributed by atoms with Gasteiger partial charge in [-0.3, -0.25) is 0 Å². The quantitative estimate of drug-likeness (QED) is 0.542. The SMILES string of the molecule is CSc1cc(-c2cc(NCCc3ccc4c(c3)CCCO4)ncn2)ccc1C(=O)O. The fourth-order valence-corrected chi connectivity index (χ4v) is 4.16. The molecular weight excluding hydrogens is 398 g/mol. The van der Waals surface area contributed by atoms with Crippen molar-refractivity contribution >= 4 is 23.5 Å². The lowest BCUT2D eigenvalue weighted by atomic mass is 10.0. The van der Waals surface area contributed by atoms with Gasteiger partial charge in [-0.15, -0.1) is 11.8 Å². The lowest BCUT2D eigenvalue weighted by Crippen LogP contribution is -2.10. The maximum absolute atomic E-state index is 11.3. The topological polar surface area (TPSA) is 84.3 Å². The van der Waals surface area contributed by atoms with Crippen LogP contribution in [0.2, 0.25) is 0 Å². The van der Waals surface area contributed by atoms with Gasteiger partial charge in [0.2, 0.25) is 0 Å². The molecule has 1 aliphatic heterocycles. The van der Waals surface area contributed by atoms with E-state index in [4.69, 9.17) is 4.74 Å². The number of carbonyl (C=O) groups is 1. The Morgan fingerprint density at radius 3 is 2.93 bits per heavy atom. The summed E-state index contributed by atoms with van der Waals surface area (Å²) in [6.07, 6.45) is 6.42. The van der Waals surface area contributed by atoms with Crippen LogP contribution in [0.15, 0.2) is 53.7 Å². The minimum atomic E-state index is -0.926. The van der Waals surface area contributed by atoms with E-state index < -0.39 is 5.97 Å². The summed E-state index contributed by atoms with van der Waals surface area (Å²) in [5.74, 6) is 0.830. The van der Waals surface area contributed by atoms with Crippen molar-refractivity contribution in [1.82, 2.24) is 9.97 Å². The highest BCUT2D eigenvalue weighted by Gasteiger charge is 2.12. The van der Waals surface area contributed by atoms with E-state index >= 15 is 0 Å². The molecule has 0 saturated carbocycles. The fraction of sp³-hybridized carbons (Fsp3) is 0.261. The number of hydrogen-bond acceptors (Lipinski definition) is 6.